The monoisotopic (exact) mass is 356 g/mol. The van der Waals surface area contributed by atoms with Crippen LogP contribution in [-0.2, 0) is 0 Å². The molecule has 0 bridgehead atoms. The zero-order valence-corrected chi connectivity index (χ0v) is 13.1. The number of hydrogen-bond donors (Lipinski definition) is 1. The minimum atomic E-state index is -0.765. The lowest BCUT2D eigenvalue weighted by Gasteiger charge is -2.03. The molecule has 0 aliphatic carbocycles. The van der Waals surface area contributed by atoms with Gasteiger partial charge in [0.2, 0.25) is 0 Å². The van der Waals surface area contributed by atoms with E-state index in [1.165, 1.54) is 11.3 Å². The molecule has 2 heterocycles. The normalized spacial score (nSPS) is 13.1. The number of thiophene rings is 1. The standard InChI is InChI=1S/C14H10BrClO2S/c1-7-5-11(19-14(7)15)12(17)10-6-8-3-2-4-9(16)13(8)18-10/h2-6,12,17H,1H3. The van der Waals surface area contributed by atoms with Crippen LogP contribution in [-0.4, -0.2) is 5.11 Å². The molecule has 0 fully saturated rings. The van der Waals surface area contributed by atoms with E-state index in [0.717, 1.165) is 19.6 Å². The molecular weight excluding hydrogens is 348 g/mol. The van der Waals surface area contributed by atoms with E-state index in [-0.39, 0.29) is 0 Å². The van der Waals surface area contributed by atoms with E-state index < -0.39 is 6.10 Å². The molecule has 1 N–H and O–H groups in total. The fraction of sp³-hybridized carbons (Fsp3) is 0.143. The number of para-hydroxylation sites is 1. The lowest BCUT2D eigenvalue weighted by atomic mass is 10.2. The van der Waals surface area contributed by atoms with Crippen molar-refractivity contribution in [2.75, 3.05) is 0 Å². The lowest BCUT2D eigenvalue weighted by molar-refractivity contribution is 0.196. The Morgan fingerprint density at radius 3 is 2.79 bits per heavy atom. The first-order valence-corrected chi connectivity index (χ1v) is 7.67. The van der Waals surface area contributed by atoms with Crippen LogP contribution >= 0.6 is 38.9 Å². The first-order valence-electron chi connectivity index (χ1n) is 5.68. The van der Waals surface area contributed by atoms with Crippen LogP contribution in [0.5, 0.6) is 0 Å². The molecule has 3 rings (SSSR count). The first kappa shape index (κ1) is 13.2. The Morgan fingerprint density at radius 1 is 1.37 bits per heavy atom. The number of furan rings is 1. The second-order valence-electron chi connectivity index (χ2n) is 4.31. The first-order chi connectivity index (χ1) is 9.06. The van der Waals surface area contributed by atoms with Crippen molar-refractivity contribution in [3.8, 4) is 0 Å². The van der Waals surface area contributed by atoms with Crippen molar-refractivity contribution in [1.82, 2.24) is 0 Å². The summed E-state index contributed by atoms with van der Waals surface area (Å²) in [6.45, 7) is 1.99. The molecule has 1 unspecified atom stereocenters. The highest BCUT2D eigenvalue weighted by Crippen LogP contribution is 2.37. The van der Waals surface area contributed by atoms with Crippen molar-refractivity contribution in [3.05, 3.63) is 55.3 Å². The molecule has 0 saturated carbocycles. The molecular formula is C14H10BrClO2S. The summed E-state index contributed by atoms with van der Waals surface area (Å²) in [4.78, 5) is 0.847. The van der Waals surface area contributed by atoms with E-state index in [1.807, 2.05) is 31.2 Å². The summed E-state index contributed by atoms with van der Waals surface area (Å²) >= 11 is 11.0. The molecule has 0 spiro atoms. The van der Waals surface area contributed by atoms with Gasteiger partial charge >= 0.3 is 0 Å². The summed E-state index contributed by atoms with van der Waals surface area (Å²) in [5, 5.41) is 11.8. The lowest BCUT2D eigenvalue weighted by Crippen LogP contribution is -1.94. The van der Waals surface area contributed by atoms with Gasteiger partial charge in [0.05, 0.1) is 8.81 Å². The van der Waals surface area contributed by atoms with Gasteiger partial charge in [0.15, 0.2) is 5.58 Å². The van der Waals surface area contributed by atoms with Gasteiger partial charge in [-0.25, -0.2) is 0 Å². The van der Waals surface area contributed by atoms with Gasteiger partial charge in [0, 0.05) is 10.3 Å². The molecule has 98 valence electrons. The van der Waals surface area contributed by atoms with Crippen LogP contribution in [0.3, 0.4) is 0 Å². The van der Waals surface area contributed by atoms with E-state index in [1.54, 1.807) is 6.07 Å². The number of hydrogen-bond acceptors (Lipinski definition) is 3. The minimum absolute atomic E-state index is 0.511. The minimum Gasteiger partial charge on any atom is -0.456 e. The third kappa shape index (κ3) is 2.34. The molecule has 3 aromatic rings. The third-order valence-electron chi connectivity index (χ3n) is 2.93. The van der Waals surface area contributed by atoms with Gasteiger partial charge in [-0.15, -0.1) is 11.3 Å². The number of rotatable bonds is 2. The van der Waals surface area contributed by atoms with Crippen molar-refractivity contribution < 1.29 is 9.52 Å². The van der Waals surface area contributed by atoms with Crippen molar-refractivity contribution >= 4 is 49.8 Å². The van der Waals surface area contributed by atoms with E-state index in [4.69, 9.17) is 16.0 Å². The Kier molecular flexibility index (Phi) is 3.43. The van der Waals surface area contributed by atoms with Crippen molar-refractivity contribution in [2.24, 2.45) is 0 Å². The summed E-state index contributed by atoms with van der Waals surface area (Å²) in [6, 6.07) is 9.33. The maximum Gasteiger partial charge on any atom is 0.153 e. The van der Waals surface area contributed by atoms with Crippen molar-refractivity contribution in [1.29, 1.82) is 0 Å². The molecule has 0 amide bonds. The number of aliphatic hydroxyl groups excluding tert-OH is 1. The smallest absolute Gasteiger partial charge is 0.153 e. The molecule has 1 atom stereocenters. The van der Waals surface area contributed by atoms with Crippen LogP contribution in [0.2, 0.25) is 5.02 Å². The van der Waals surface area contributed by atoms with E-state index in [2.05, 4.69) is 15.9 Å². The highest BCUT2D eigenvalue weighted by molar-refractivity contribution is 9.11. The Labute approximate surface area is 127 Å². The van der Waals surface area contributed by atoms with Crippen LogP contribution in [0.1, 0.15) is 22.3 Å². The van der Waals surface area contributed by atoms with Crippen LogP contribution < -0.4 is 0 Å². The molecule has 5 heteroatoms. The Balaban J connectivity index is 2.06. The number of aryl methyl sites for hydroxylation is 1. The van der Waals surface area contributed by atoms with Crippen molar-refractivity contribution in [3.63, 3.8) is 0 Å². The molecule has 19 heavy (non-hydrogen) atoms. The predicted molar refractivity (Wildman–Crippen MR) is 82.0 cm³/mol. The van der Waals surface area contributed by atoms with Gasteiger partial charge in [-0.3, -0.25) is 0 Å². The zero-order chi connectivity index (χ0) is 13.6. The highest BCUT2D eigenvalue weighted by atomic mass is 79.9. The largest absolute Gasteiger partial charge is 0.456 e. The molecule has 0 radical (unpaired) electrons. The fourth-order valence-electron chi connectivity index (χ4n) is 1.94. The molecule has 0 saturated heterocycles. The summed E-state index contributed by atoms with van der Waals surface area (Å²) in [5.74, 6) is 0.511. The molecule has 2 aromatic heterocycles. The van der Waals surface area contributed by atoms with Crippen LogP contribution in [0.25, 0.3) is 11.0 Å². The molecule has 0 aliphatic rings. The Bertz CT molecular complexity index is 728. The van der Waals surface area contributed by atoms with Gasteiger partial charge in [0.1, 0.15) is 11.9 Å². The SMILES string of the molecule is Cc1cc(C(O)c2cc3cccc(Cl)c3o2)sc1Br. The number of fused-ring (bicyclic) bond motifs is 1. The molecule has 1 aromatic carbocycles. The average Bonchev–Trinajstić information content (AvgIpc) is 2.94. The number of benzene rings is 1. The van der Waals surface area contributed by atoms with Crippen LogP contribution in [0.4, 0.5) is 0 Å². The number of halogens is 2. The quantitative estimate of drug-likeness (QED) is 0.675. The summed E-state index contributed by atoms with van der Waals surface area (Å²) < 4.78 is 6.70. The number of aliphatic hydroxyl groups is 1. The van der Waals surface area contributed by atoms with Gasteiger partial charge < -0.3 is 9.52 Å². The van der Waals surface area contributed by atoms with E-state index in [9.17, 15) is 5.11 Å². The summed E-state index contributed by atoms with van der Waals surface area (Å²) in [6.07, 6.45) is -0.765. The molecule has 2 nitrogen and oxygen atoms in total. The van der Waals surface area contributed by atoms with Crippen LogP contribution in [0.15, 0.2) is 38.5 Å². The van der Waals surface area contributed by atoms with Crippen molar-refractivity contribution in [2.45, 2.75) is 13.0 Å². The Morgan fingerprint density at radius 2 is 2.16 bits per heavy atom. The average molecular weight is 358 g/mol. The third-order valence-corrected chi connectivity index (χ3v) is 5.42. The fourth-order valence-corrected chi connectivity index (χ4v) is 3.73. The van der Waals surface area contributed by atoms with E-state index in [0.29, 0.717) is 16.4 Å². The zero-order valence-electron chi connectivity index (χ0n) is 9.98. The highest BCUT2D eigenvalue weighted by Gasteiger charge is 2.19. The second-order valence-corrected chi connectivity index (χ2v) is 7.12. The summed E-state index contributed by atoms with van der Waals surface area (Å²) in [7, 11) is 0. The second kappa shape index (κ2) is 4.94. The molecule has 0 aliphatic heterocycles. The van der Waals surface area contributed by atoms with Gasteiger partial charge in [-0.05, 0) is 46.6 Å². The van der Waals surface area contributed by atoms with E-state index >= 15 is 0 Å². The van der Waals surface area contributed by atoms with Gasteiger partial charge in [0.25, 0.3) is 0 Å². The van der Waals surface area contributed by atoms with Gasteiger partial charge in [-0.2, -0.15) is 0 Å². The maximum absolute atomic E-state index is 10.4. The predicted octanol–water partition coefficient (Wildman–Crippen LogP) is 5.30. The van der Waals surface area contributed by atoms with Crippen LogP contribution in [0, 0.1) is 6.92 Å². The van der Waals surface area contributed by atoms with Gasteiger partial charge in [-0.1, -0.05) is 23.7 Å². The Hall–Kier alpha value is -0.810. The maximum atomic E-state index is 10.4. The summed E-state index contributed by atoms with van der Waals surface area (Å²) in [5.41, 5.74) is 1.72. The topological polar surface area (TPSA) is 33.4 Å².